The predicted octanol–water partition coefficient (Wildman–Crippen LogP) is 1.95. The standard InChI is InChI=1S/C12H11N3O4/c1-9-6-12(15(17)18)13-14(9)8-19-11-4-2-10(7-16)3-5-11/h2-7H,8H2,1H3. The highest BCUT2D eigenvalue weighted by atomic mass is 16.6. The van der Waals surface area contributed by atoms with Crippen LogP contribution in [0, 0.1) is 17.0 Å². The smallest absolute Gasteiger partial charge is 0.390 e. The van der Waals surface area contributed by atoms with Crippen LogP contribution in [0.5, 0.6) is 5.75 Å². The molecule has 0 spiro atoms. The Balaban J connectivity index is 2.05. The van der Waals surface area contributed by atoms with Crippen molar-refractivity contribution in [2.75, 3.05) is 0 Å². The molecule has 0 radical (unpaired) electrons. The van der Waals surface area contributed by atoms with Gasteiger partial charge in [0.25, 0.3) is 0 Å². The molecule has 0 fully saturated rings. The first-order valence-electron chi connectivity index (χ1n) is 5.47. The van der Waals surface area contributed by atoms with Gasteiger partial charge in [-0.2, -0.15) is 0 Å². The number of aromatic nitrogens is 2. The second-order valence-corrected chi connectivity index (χ2v) is 3.86. The molecule has 7 nitrogen and oxygen atoms in total. The van der Waals surface area contributed by atoms with Gasteiger partial charge < -0.3 is 14.9 Å². The summed E-state index contributed by atoms with van der Waals surface area (Å²) < 4.78 is 6.82. The van der Waals surface area contributed by atoms with Crippen molar-refractivity contribution in [3.8, 4) is 5.75 Å². The molecule has 0 aliphatic rings. The average molecular weight is 261 g/mol. The Hall–Kier alpha value is -2.70. The number of hydrogen-bond donors (Lipinski definition) is 0. The third kappa shape index (κ3) is 2.95. The Kier molecular flexibility index (Phi) is 3.56. The topological polar surface area (TPSA) is 87.3 Å². The Morgan fingerprint density at radius 1 is 1.42 bits per heavy atom. The largest absolute Gasteiger partial charge is 0.469 e. The van der Waals surface area contributed by atoms with Gasteiger partial charge in [-0.3, -0.25) is 4.79 Å². The fraction of sp³-hybridized carbons (Fsp3) is 0.167. The molecule has 19 heavy (non-hydrogen) atoms. The summed E-state index contributed by atoms with van der Waals surface area (Å²) in [4.78, 5) is 20.5. The van der Waals surface area contributed by atoms with E-state index in [1.807, 2.05) is 0 Å². The first-order valence-corrected chi connectivity index (χ1v) is 5.47. The number of nitro groups is 1. The van der Waals surface area contributed by atoms with Gasteiger partial charge in [0.1, 0.15) is 12.0 Å². The van der Waals surface area contributed by atoms with Crippen LogP contribution in [0.15, 0.2) is 30.3 Å². The van der Waals surface area contributed by atoms with Crippen LogP contribution in [0.25, 0.3) is 0 Å². The molecule has 98 valence electrons. The Morgan fingerprint density at radius 3 is 2.63 bits per heavy atom. The Morgan fingerprint density at radius 2 is 2.11 bits per heavy atom. The Labute approximate surface area is 108 Å². The van der Waals surface area contributed by atoms with Crippen molar-refractivity contribution in [3.63, 3.8) is 0 Å². The van der Waals surface area contributed by atoms with Crippen molar-refractivity contribution < 1.29 is 14.5 Å². The normalized spacial score (nSPS) is 10.2. The highest BCUT2D eigenvalue weighted by Crippen LogP contribution is 2.14. The van der Waals surface area contributed by atoms with Crippen LogP contribution in [0.1, 0.15) is 16.1 Å². The second kappa shape index (κ2) is 5.30. The zero-order chi connectivity index (χ0) is 13.8. The lowest BCUT2D eigenvalue weighted by Gasteiger charge is -2.04. The van der Waals surface area contributed by atoms with Crippen LogP contribution in [0.2, 0.25) is 0 Å². The highest BCUT2D eigenvalue weighted by Gasteiger charge is 2.15. The van der Waals surface area contributed by atoms with E-state index >= 15 is 0 Å². The summed E-state index contributed by atoms with van der Waals surface area (Å²) in [5, 5.41) is 14.4. The number of nitrogens with zero attached hydrogens (tertiary/aromatic N) is 3. The van der Waals surface area contributed by atoms with Gasteiger partial charge in [-0.15, -0.1) is 4.68 Å². The van der Waals surface area contributed by atoms with Crippen molar-refractivity contribution in [1.82, 2.24) is 9.78 Å². The quantitative estimate of drug-likeness (QED) is 0.466. The molecule has 0 aliphatic carbocycles. The molecule has 0 atom stereocenters. The summed E-state index contributed by atoms with van der Waals surface area (Å²) in [5.41, 5.74) is 1.19. The summed E-state index contributed by atoms with van der Waals surface area (Å²) in [6.07, 6.45) is 0.741. The van der Waals surface area contributed by atoms with Gasteiger partial charge >= 0.3 is 5.82 Å². The van der Waals surface area contributed by atoms with Crippen LogP contribution < -0.4 is 4.74 Å². The molecule has 0 amide bonds. The van der Waals surface area contributed by atoms with Crippen LogP contribution in [0.3, 0.4) is 0 Å². The SMILES string of the molecule is Cc1cc([N+](=O)[O-])nn1COc1ccc(C=O)cc1. The minimum Gasteiger partial charge on any atom is -0.469 e. The fourth-order valence-corrected chi connectivity index (χ4v) is 1.49. The van der Waals surface area contributed by atoms with Gasteiger partial charge in [0, 0.05) is 5.56 Å². The number of hydrogen-bond acceptors (Lipinski definition) is 5. The molecule has 1 aromatic carbocycles. The van der Waals surface area contributed by atoms with E-state index in [9.17, 15) is 14.9 Å². The van der Waals surface area contributed by atoms with Crippen molar-refractivity contribution >= 4 is 12.1 Å². The summed E-state index contributed by atoms with van der Waals surface area (Å²) >= 11 is 0. The Bertz CT molecular complexity index is 604. The molecule has 0 saturated heterocycles. The number of aldehydes is 1. The minimum atomic E-state index is -0.553. The van der Waals surface area contributed by atoms with Gasteiger partial charge in [0.2, 0.25) is 6.73 Å². The van der Waals surface area contributed by atoms with Crippen LogP contribution in [0.4, 0.5) is 5.82 Å². The molecule has 0 N–H and O–H groups in total. The summed E-state index contributed by atoms with van der Waals surface area (Å²) in [6, 6.07) is 7.92. The summed E-state index contributed by atoms with van der Waals surface area (Å²) in [5.74, 6) is 0.348. The molecule has 0 unspecified atom stereocenters. The lowest BCUT2D eigenvalue weighted by Crippen LogP contribution is -2.08. The number of ether oxygens (including phenoxy) is 1. The van der Waals surface area contributed by atoms with Crippen molar-refractivity contribution in [2.24, 2.45) is 0 Å². The van der Waals surface area contributed by atoms with Crippen molar-refractivity contribution in [2.45, 2.75) is 13.7 Å². The summed E-state index contributed by atoms with van der Waals surface area (Å²) in [7, 11) is 0. The highest BCUT2D eigenvalue weighted by molar-refractivity contribution is 5.74. The zero-order valence-electron chi connectivity index (χ0n) is 10.1. The fourth-order valence-electron chi connectivity index (χ4n) is 1.49. The lowest BCUT2D eigenvalue weighted by molar-refractivity contribution is -0.389. The van der Waals surface area contributed by atoms with E-state index in [-0.39, 0.29) is 12.5 Å². The molecule has 1 heterocycles. The van der Waals surface area contributed by atoms with E-state index in [4.69, 9.17) is 4.74 Å². The van der Waals surface area contributed by atoms with Gasteiger partial charge in [0.15, 0.2) is 0 Å². The van der Waals surface area contributed by atoms with E-state index in [2.05, 4.69) is 5.10 Å². The van der Waals surface area contributed by atoms with Crippen LogP contribution in [-0.4, -0.2) is 21.0 Å². The molecule has 0 bridgehead atoms. The van der Waals surface area contributed by atoms with Gasteiger partial charge in [-0.1, -0.05) is 0 Å². The predicted molar refractivity (Wildman–Crippen MR) is 66.1 cm³/mol. The molecule has 1 aromatic heterocycles. The van der Waals surface area contributed by atoms with E-state index < -0.39 is 4.92 Å². The van der Waals surface area contributed by atoms with Crippen LogP contribution in [-0.2, 0) is 6.73 Å². The maximum atomic E-state index is 10.6. The van der Waals surface area contributed by atoms with Crippen LogP contribution >= 0.6 is 0 Å². The van der Waals surface area contributed by atoms with E-state index in [0.717, 1.165) is 6.29 Å². The number of aryl methyl sites for hydroxylation is 1. The van der Waals surface area contributed by atoms with E-state index in [1.165, 1.54) is 10.7 Å². The maximum absolute atomic E-state index is 10.6. The number of rotatable bonds is 5. The van der Waals surface area contributed by atoms with Crippen molar-refractivity contribution in [1.29, 1.82) is 0 Å². The average Bonchev–Trinajstić information content (AvgIpc) is 2.79. The number of carbonyl (C=O) groups is 1. The van der Waals surface area contributed by atoms with Crippen molar-refractivity contribution in [3.05, 3.63) is 51.7 Å². The first-order chi connectivity index (χ1) is 9.10. The monoisotopic (exact) mass is 261 g/mol. The molecular weight excluding hydrogens is 250 g/mol. The van der Waals surface area contributed by atoms with E-state index in [1.54, 1.807) is 31.2 Å². The maximum Gasteiger partial charge on any atom is 0.390 e. The molecule has 0 saturated carbocycles. The third-order valence-electron chi connectivity index (χ3n) is 2.53. The van der Waals surface area contributed by atoms with Gasteiger partial charge in [-0.25, -0.2) is 0 Å². The van der Waals surface area contributed by atoms with E-state index in [0.29, 0.717) is 17.0 Å². The molecule has 0 aliphatic heterocycles. The van der Waals surface area contributed by atoms with Gasteiger partial charge in [0.05, 0.1) is 16.9 Å². The lowest BCUT2D eigenvalue weighted by atomic mass is 10.2. The second-order valence-electron chi connectivity index (χ2n) is 3.86. The first kappa shape index (κ1) is 12.7. The molecule has 7 heteroatoms. The number of benzene rings is 1. The molecular formula is C12H11N3O4. The third-order valence-corrected chi connectivity index (χ3v) is 2.53. The van der Waals surface area contributed by atoms with Gasteiger partial charge in [-0.05, 0) is 36.1 Å². The molecule has 2 aromatic rings. The molecule has 2 rings (SSSR count). The number of carbonyl (C=O) groups excluding carboxylic acids is 1. The summed E-state index contributed by atoms with van der Waals surface area (Å²) in [6.45, 7) is 1.78. The minimum absolute atomic E-state index is 0.0696. The zero-order valence-corrected chi connectivity index (χ0v) is 10.1.